The minimum absolute atomic E-state index is 0.0261. The molecule has 0 aromatic heterocycles. The quantitative estimate of drug-likeness (QED) is 0.203. The van der Waals surface area contributed by atoms with Gasteiger partial charge in [-0.25, -0.2) is 0 Å². The maximum atomic E-state index is 14.5. The predicted molar refractivity (Wildman–Crippen MR) is 173 cm³/mol. The lowest BCUT2D eigenvalue weighted by molar-refractivity contribution is -0.248. The van der Waals surface area contributed by atoms with Gasteiger partial charge < -0.3 is 19.1 Å². The Morgan fingerprint density at radius 3 is 2.44 bits per heavy atom. The monoisotopic (exact) mass is 610 g/mol. The second kappa shape index (κ2) is 10.9. The first-order chi connectivity index (χ1) is 20.3. The summed E-state index contributed by atoms with van der Waals surface area (Å²) in [5.74, 6) is 1.38. The summed E-state index contributed by atoms with van der Waals surface area (Å²) in [4.78, 5) is 14.5. The first-order valence-electron chi connectivity index (χ1n) is 16.8. The number of allylic oxidation sites excluding steroid dienone is 1. The molecule has 4 aliphatic carbocycles. The second-order valence-electron chi connectivity index (χ2n) is 16.4. The first-order valence-corrected chi connectivity index (χ1v) is 17.3. The summed E-state index contributed by atoms with van der Waals surface area (Å²) in [7, 11) is 2.43. The normalized spacial score (nSPS) is 46.2. The van der Waals surface area contributed by atoms with Crippen LogP contribution in [-0.2, 0) is 25.4 Å². The highest BCUT2D eigenvalue weighted by Crippen LogP contribution is 2.75. The third kappa shape index (κ3) is 4.41. The Kier molecular flexibility index (Phi) is 8.06. The van der Waals surface area contributed by atoms with E-state index in [9.17, 15) is 9.90 Å². The lowest BCUT2D eigenvalue weighted by atomic mass is 9.34. The number of carbonyl (C=O) groups is 1. The van der Waals surface area contributed by atoms with E-state index in [0.29, 0.717) is 43.5 Å². The fraction of sp³-hybridized carbons (Fsp3) is 0.757. The van der Waals surface area contributed by atoms with Crippen LogP contribution in [0, 0.1) is 56.7 Å². The molecule has 12 atom stereocenters. The maximum absolute atomic E-state index is 14.5. The van der Waals surface area contributed by atoms with E-state index >= 15 is 0 Å². The summed E-state index contributed by atoms with van der Waals surface area (Å²) in [5.41, 5.74) is 1.67. The van der Waals surface area contributed by atoms with E-state index in [-0.39, 0.29) is 45.1 Å². The van der Waals surface area contributed by atoms with Gasteiger partial charge in [0.25, 0.3) is 0 Å². The number of fused-ring (bicyclic) bond motifs is 3. The highest BCUT2D eigenvalue weighted by molar-refractivity contribution is 7.09. The fourth-order valence-corrected chi connectivity index (χ4v) is 11.7. The zero-order valence-corrected chi connectivity index (χ0v) is 28.7. The van der Waals surface area contributed by atoms with Crippen LogP contribution in [0.25, 0.3) is 0 Å². The van der Waals surface area contributed by atoms with Gasteiger partial charge in [-0.3, -0.25) is 4.79 Å². The summed E-state index contributed by atoms with van der Waals surface area (Å²) in [6.45, 7) is 18.1. The smallest absolute Gasteiger partial charge is 0.310 e. The van der Waals surface area contributed by atoms with Gasteiger partial charge in [0.05, 0.1) is 31.3 Å². The summed E-state index contributed by atoms with van der Waals surface area (Å²) >= 11 is 0. The van der Waals surface area contributed by atoms with Crippen LogP contribution < -0.4 is 0 Å². The minimum Gasteiger partial charge on any atom is -0.461 e. The Balaban J connectivity index is 1.42. The molecule has 1 saturated heterocycles. The molecule has 1 unspecified atom stereocenters. The van der Waals surface area contributed by atoms with Gasteiger partial charge in [-0.2, -0.15) is 0 Å². The van der Waals surface area contributed by atoms with Crippen LogP contribution in [0.3, 0.4) is 0 Å². The summed E-state index contributed by atoms with van der Waals surface area (Å²) in [6.07, 6.45) is 7.73. The van der Waals surface area contributed by atoms with Crippen molar-refractivity contribution in [3.8, 4) is 0 Å². The van der Waals surface area contributed by atoms with Gasteiger partial charge in [-0.05, 0) is 84.0 Å². The molecule has 5 aliphatic rings. The number of rotatable bonds is 6. The molecule has 43 heavy (non-hydrogen) atoms. The number of ether oxygens (including phenoxy) is 2. The van der Waals surface area contributed by atoms with Crippen molar-refractivity contribution in [3.63, 3.8) is 0 Å². The van der Waals surface area contributed by atoms with E-state index in [2.05, 4.69) is 64.0 Å². The molecule has 0 spiro atoms. The van der Waals surface area contributed by atoms with Crippen molar-refractivity contribution < 1.29 is 23.9 Å². The van der Waals surface area contributed by atoms with Gasteiger partial charge >= 0.3 is 5.97 Å². The summed E-state index contributed by atoms with van der Waals surface area (Å²) < 4.78 is 18.5. The number of carbonyl (C=O) groups excluding carboxylic acids is 1. The number of benzene rings is 1. The zero-order valence-electron chi connectivity index (χ0n) is 27.5. The molecule has 1 N–H and O–H groups in total. The molecular formula is C37H55O5P. The van der Waals surface area contributed by atoms with E-state index in [1.165, 1.54) is 5.57 Å². The molecule has 6 rings (SSSR count). The lowest BCUT2D eigenvalue weighted by Gasteiger charge is -2.71. The van der Waals surface area contributed by atoms with Gasteiger partial charge in [-0.1, -0.05) is 90.4 Å². The summed E-state index contributed by atoms with van der Waals surface area (Å²) in [6, 6.07) is 10.1. The molecule has 1 heterocycles. The van der Waals surface area contributed by atoms with E-state index in [4.69, 9.17) is 14.0 Å². The van der Waals surface area contributed by atoms with Gasteiger partial charge in [0.1, 0.15) is 6.61 Å². The fourth-order valence-electron chi connectivity index (χ4n) is 11.5. The Morgan fingerprint density at radius 2 is 1.77 bits per heavy atom. The van der Waals surface area contributed by atoms with Gasteiger partial charge in [0.2, 0.25) is 0 Å². The van der Waals surface area contributed by atoms with E-state index in [0.717, 1.165) is 44.1 Å². The molecule has 3 saturated carbocycles. The van der Waals surface area contributed by atoms with Gasteiger partial charge in [0, 0.05) is 20.3 Å². The van der Waals surface area contributed by atoms with Crippen molar-refractivity contribution in [2.24, 2.45) is 56.7 Å². The topological polar surface area (TPSA) is 65.0 Å². The van der Waals surface area contributed by atoms with Crippen molar-refractivity contribution in [1.82, 2.24) is 0 Å². The molecule has 0 radical (unpaired) electrons. The van der Waals surface area contributed by atoms with Crippen molar-refractivity contribution in [2.75, 3.05) is 13.2 Å². The van der Waals surface area contributed by atoms with E-state index in [1.807, 2.05) is 30.3 Å². The molecule has 1 aromatic rings. The van der Waals surface area contributed by atoms with Gasteiger partial charge in [0.15, 0.2) is 0 Å². The van der Waals surface area contributed by atoms with E-state index in [1.54, 1.807) is 0 Å². The molecule has 238 valence electrons. The third-order valence-electron chi connectivity index (χ3n) is 14.5. The minimum atomic E-state index is -0.540. The van der Waals surface area contributed by atoms with Crippen LogP contribution in [-0.4, -0.2) is 36.5 Å². The number of esters is 1. The van der Waals surface area contributed by atoms with Crippen LogP contribution in [0.4, 0.5) is 0 Å². The highest BCUT2D eigenvalue weighted by atomic mass is 31.0. The number of hydrogen-bond donors (Lipinski definition) is 1. The Hall–Kier alpha value is -1.26. The Morgan fingerprint density at radius 1 is 1.05 bits per heavy atom. The second-order valence-corrected chi connectivity index (χ2v) is 16.7. The van der Waals surface area contributed by atoms with Crippen LogP contribution in [0.2, 0.25) is 0 Å². The molecule has 0 amide bonds. The van der Waals surface area contributed by atoms with Crippen molar-refractivity contribution in [3.05, 3.63) is 47.5 Å². The summed E-state index contributed by atoms with van der Waals surface area (Å²) in [5, 5.41) is 11.4. The molecular weight excluding hydrogens is 555 g/mol. The Bertz CT molecular complexity index is 1250. The molecule has 1 aromatic carbocycles. The van der Waals surface area contributed by atoms with Crippen molar-refractivity contribution in [1.29, 1.82) is 0 Å². The average molecular weight is 611 g/mol. The van der Waals surface area contributed by atoms with E-state index < -0.39 is 6.10 Å². The first kappa shape index (κ1) is 31.7. The van der Waals surface area contributed by atoms with Crippen LogP contribution in [0.1, 0.15) is 92.6 Å². The van der Waals surface area contributed by atoms with Gasteiger partial charge in [-0.15, -0.1) is 0 Å². The molecule has 1 aliphatic heterocycles. The zero-order chi connectivity index (χ0) is 31.0. The van der Waals surface area contributed by atoms with Crippen LogP contribution in [0.15, 0.2) is 42.0 Å². The molecule has 2 bridgehead atoms. The number of aliphatic hydroxyl groups is 1. The lowest BCUT2D eigenvalue weighted by Crippen LogP contribution is -2.69. The molecule has 4 fully saturated rings. The van der Waals surface area contributed by atoms with Crippen LogP contribution >= 0.6 is 9.47 Å². The Labute approximate surface area is 262 Å². The molecule has 6 heteroatoms. The standard InChI is InChI=1S/C37H55O5P/c1-23(2)24(3)33(4)17-18-35(6)26-13-14-29-34(5)21-40-22-37(29,19-28(42-43)31(34)38)27(26)15-16-36(35,7)30(33)32(39)41-20-25-11-9-8-10-12-25/h8-12,15,23-24,26,28-31,38H,13-14,16-22,43H2,1-7H3/t24-,26+,28-,29+,30-,31+,33-,34-,35-,36+,37+/m1/s1. The number of hydrogen-bond acceptors (Lipinski definition) is 5. The molecule has 5 nitrogen and oxygen atoms in total. The SMILES string of the molecule is CC(C)[C@@H](C)[C@@]1(C)CC[C@]2(C)[C@H]3CC[C@@H]4[C@@]5(COC[C@@]4(C)[C@@H](O)[C@H](OP)C5)C3=CC[C@@]2(C)[C@@H]1C(=O)OCc1ccccc1. The highest BCUT2D eigenvalue weighted by Gasteiger charge is 2.71. The largest absolute Gasteiger partial charge is 0.461 e. The van der Waals surface area contributed by atoms with Crippen molar-refractivity contribution in [2.45, 2.75) is 106 Å². The van der Waals surface area contributed by atoms with Crippen LogP contribution in [0.5, 0.6) is 0 Å². The third-order valence-corrected chi connectivity index (χ3v) is 14.8. The predicted octanol–water partition coefficient (Wildman–Crippen LogP) is 7.77. The maximum Gasteiger partial charge on any atom is 0.310 e. The van der Waals surface area contributed by atoms with Crippen molar-refractivity contribution >= 4 is 15.4 Å². The number of aliphatic hydroxyl groups excluding tert-OH is 1. The average Bonchev–Trinajstić information content (AvgIpc) is 2.98.